The van der Waals surface area contributed by atoms with E-state index in [-0.39, 0.29) is 11.9 Å². The summed E-state index contributed by atoms with van der Waals surface area (Å²) in [6.45, 7) is 5.77. The molecule has 2 rings (SSSR count). The summed E-state index contributed by atoms with van der Waals surface area (Å²) in [4.78, 5) is 0. The number of aryl methyl sites for hydroxylation is 1. The maximum atomic E-state index is 13.6. The standard InChI is InChI=1S/C15H23FN2O2/c1-3-20-15(6-8-19-9-7-15)14(18-17)13-10-12(16)5-4-11(13)2/h4-5,10,14,18H,3,6-9,17H2,1-2H3. The fraction of sp³-hybridized carbons (Fsp3) is 0.600. The van der Waals surface area contributed by atoms with E-state index in [4.69, 9.17) is 15.3 Å². The van der Waals surface area contributed by atoms with Gasteiger partial charge in [-0.3, -0.25) is 11.3 Å². The zero-order valence-electron chi connectivity index (χ0n) is 12.1. The van der Waals surface area contributed by atoms with Gasteiger partial charge in [0.1, 0.15) is 5.82 Å². The van der Waals surface area contributed by atoms with Crippen LogP contribution < -0.4 is 11.3 Å². The van der Waals surface area contributed by atoms with Crippen LogP contribution in [0.1, 0.15) is 36.9 Å². The van der Waals surface area contributed by atoms with Crippen LogP contribution in [0.5, 0.6) is 0 Å². The molecule has 1 aliphatic heterocycles. The third-order valence-corrected chi connectivity index (χ3v) is 4.02. The maximum Gasteiger partial charge on any atom is 0.123 e. The molecule has 0 aromatic heterocycles. The first-order chi connectivity index (χ1) is 9.63. The monoisotopic (exact) mass is 282 g/mol. The number of hydrazine groups is 1. The smallest absolute Gasteiger partial charge is 0.123 e. The molecule has 0 radical (unpaired) electrons. The lowest BCUT2D eigenvalue weighted by Crippen LogP contribution is -2.52. The number of benzene rings is 1. The van der Waals surface area contributed by atoms with Crippen molar-refractivity contribution in [2.45, 2.75) is 38.3 Å². The average molecular weight is 282 g/mol. The van der Waals surface area contributed by atoms with E-state index in [1.165, 1.54) is 12.1 Å². The van der Waals surface area contributed by atoms with Gasteiger partial charge in [-0.1, -0.05) is 6.07 Å². The minimum absolute atomic E-state index is 0.248. The molecule has 0 aliphatic carbocycles. The van der Waals surface area contributed by atoms with Crippen LogP contribution in [-0.2, 0) is 9.47 Å². The Kier molecular flexibility index (Phi) is 5.10. The van der Waals surface area contributed by atoms with Gasteiger partial charge in [0, 0.05) is 32.7 Å². The van der Waals surface area contributed by atoms with Gasteiger partial charge in [0.15, 0.2) is 0 Å². The second-order valence-electron chi connectivity index (χ2n) is 5.21. The zero-order chi connectivity index (χ0) is 14.6. The van der Waals surface area contributed by atoms with Crippen molar-refractivity contribution in [1.82, 2.24) is 5.43 Å². The molecule has 1 unspecified atom stereocenters. The highest BCUT2D eigenvalue weighted by Gasteiger charge is 2.42. The summed E-state index contributed by atoms with van der Waals surface area (Å²) in [5.74, 6) is 5.52. The number of nitrogens with one attached hydrogen (secondary N) is 1. The second kappa shape index (κ2) is 6.63. The molecule has 0 bridgehead atoms. The lowest BCUT2D eigenvalue weighted by atomic mass is 9.81. The third kappa shape index (κ3) is 3.01. The summed E-state index contributed by atoms with van der Waals surface area (Å²) >= 11 is 0. The van der Waals surface area contributed by atoms with Gasteiger partial charge in [-0.25, -0.2) is 4.39 Å². The van der Waals surface area contributed by atoms with Crippen molar-refractivity contribution in [2.75, 3.05) is 19.8 Å². The maximum absolute atomic E-state index is 13.6. The summed E-state index contributed by atoms with van der Waals surface area (Å²) in [6, 6.07) is 4.52. The summed E-state index contributed by atoms with van der Waals surface area (Å²) in [5, 5.41) is 0. The molecule has 4 nitrogen and oxygen atoms in total. The predicted octanol–water partition coefficient (Wildman–Crippen LogP) is 2.22. The van der Waals surface area contributed by atoms with Crippen molar-refractivity contribution >= 4 is 0 Å². The molecule has 1 atom stereocenters. The highest BCUT2D eigenvalue weighted by molar-refractivity contribution is 5.32. The Morgan fingerprint density at radius 2 is 2.15 bits per heavy atom. The predicted molar refractivity (Wildman–Crippen MR) is 75.6 cm³/mol. The minimum Gasteiger partial charge on any atom is -0.381 e. The molecule has 3 N–H and O–H groups in total. The molecular weight excluding hydrogens is 259 g/mol. The number of halogens is 1. The fourth-order valence-electron chi connectivity index (χ4n) is 2.97. The SMILES string of the molecule is CCOC1(C(NN)c2cc(F)ccc2C)CCOCC1. The molecule has 20 heavy (non-hydrogen) atoms. The summed E-state index contributed by atoms with van der Waals surface area (Å²) in [5.41, 5.74) is 4.24. The second-order valence-corrected chi connectivity index (χ2v) is 5.21. The van der Waals surface area contributed by atoms with Crippen LogP contribution in [0, 0.1) is 12.7 Å². The van der Waals surface area contributed by atoms with Gasteiger partial charge in [-0.15, -0.1) is 0 Å². The average Bonchev–Trinajstić information content (AvgIpc) is 2.45. The van der Waals surface area contributed by atoms with E-state index in [9.17, 15) is 4.39 Å². The molecule has 1 fully saturated rings. The van der Waals surface area contributed by atoms with Crippen LogP contribution in [-0.4, -0.2) is 25.4 Å². The van der Waals surface area contributed by atoms with Gasteiger partial charge in [-0.2, -0.15) is 0 Å². The molecule has 1 aromatic rings. The first-order valence-electron chi connectivity index (χ1n) is 7.07. The molecule has 0 amide bonds. The van der Waals surface area contributed by atoms with E-state index in [0.29, 0.717) is 19.8 Å². The zero-order valence-corrected chi connectivity index (χ0v) is 12.1. The van der Waals surface area contributed by atoms with Crippen molar-refractivity contribution in [1.29, 1.82) is 0 Å². The molecule has 1 aliphatic rings. The van der Waals surface area contributed by atoms with Crippen molar-refractivity contribution < 1.29 is 13.9 Å². The van der Waals surface area contributed by atoms with E-state index >= 15 is 0 Å². The molecule has 112 valence electrons. The third-order valence-electron chi connectivity index (χ3n) is 4.02. The Morgan fingerprint density at radius 3 is 2.75 bits per heavy atom. The number of rotatable bonds is 5. The fourth-order valence-corrected chi connectivity index (χ4v) is 2.97. The Balaban J connectivity index is 2.39. The van der Waals surface area contributed by atoms with E-state index in [1.54, 1.807) is 6.07 Å². The Morgan fingerprint density at radius 1 is 1.45 bits per heavy atom. The Bertz CT molecular complexity index is 442. The van der Waals surface area contributed by atoms with Crippen molar-refractivity contribution in [3.63, 3.8) is 0 Å². The normalized spacial score (nSPS) is 19.8. The number of ether oxygens (including phenoxy) is 2. The number of nitrogens with two attached hydrogens (primary N) is 1. The van der Waals surface area contributed by atoms with Crippen LogP contribution in [0.25, 0.3) is 0 Å². The number of hydrogen-bond donors (Lipinski definition) is 2. The van der Waals surface area contributed by atoms with Crippen molar-refractivity contribution in [2.24, 2.45) is 5.84 Å². The Hall–Kier alpha value is -1.01. The summed E-state index contributed by atoms with van der Waals surface area (Å²) < 4.78 is 25.0. The Labute approximate surface area is 119 Å². The molecule has 0 saturated carbocycles. The van der Waals surface area contributed by atoms with Gasteiger partial charge in [0.25, 0.3) is 0 Å². The van der Waals surface area contributed by atoms with Crippen molar-refractivity contribution in [3.8, 4) is 0 Å². The quantitative estimate of drug-likeness (QED) is 0.642. The van der Waals surface area contributed by atoms with Gasteiger partial charge in [0.2, 0.25) is 0 Å². The van der Waals surface area contributed by atoms with Gasteiger partial charge >= 0.3 is 0 Å². The highest BCUT2D eigenvalue weighted by atomic mass is 19.1. The lowest BCUT2D eigenvalue weighted by molar-refractivity contribution is -0.128. The summed E-state index contributed by atoms with van der Waals surface area (Å²) in [6.07, 6.45) is 1.48. The van der Waals surface area contributed by atoms with E-state index < -0.39 is 5.60 Å². The van der Waals surface area contributed by atoms with Crippen molar-refractivity contribution in [3.05, 3.63) is 35.1 Å². The first kappa shape index (κ1) is 15.4. The van der Waals surface area contributed by atoms with Gasteiger partial charge < -0.3 is 9.47 Å². The topological polar surface area (TPSA) is 56.5 Å². The molecule has 1 aromatic carbocycles. The molecule has 0 spiro atoms. The first-order valence-corrected chi connectivity index (χ1v) is 7.07. The largest absolute Gasteiger partial charge is 0.381 e. The lowest BCUT2D eigenvalue weighted by Gasteiger charge is -2.43. The summed E-state index contributed by atoms with van der Waals surface area (Å²) in [7, 11) is 0. The molecule has 1 heterocycles. The van der Waals surface area contributed by atoms with Crippen LogP contribution in [0.4, 0.5) is 4.39 Å². The highest BCUT2D eigenvalue weighted by Crippen LogP contribution is 2.38. The van der Waals surface area contributed by atoms with Crippen LogP contribution in [0.3, 0.4) is 0 Å². The van der Waals surface area contributed by atoms with E-state index in [1.807, 2.05) is 13.8 Å². The molecular formula is C15H23FN2O2. The van der Waals surface area contributed by atoms with E-state index in [0.717, 1.165) is 24.0 Å². The van der Waals surface area contributed by atoms with Crippen LogP contribution in [0.15, 0.2) is 18.2 Å². The molecule has 1 saturated heterocycles. The van der Waals surface area contributed by atoms with Gasteiger partial charge in [-0.05, 0) is 37.1 Å². The number of hydrogen-bond acceptors (Lipinski definition) is 4. The van der Waals surface area contributed by atoms with Crippen LogP contribution in [0.2, 0.25) is 0 Å². The van der Waals surface area contributed by atoms with E-state index in [2.05, 4.69) is 5.43 Å². The minimum atomic E-state index is -0.444. The molecule has 5 heteroatoms. The van der Waals surface area contributed by atoms with Crippen LogP contribution >= 0.6 is 0 Å². The van der Waals surface area contributed by atoms with Gasteiger partial charge in [0.05, 0.1) is 11.6 Å².